The third-order valence-corrected chi connectivity index (χ3v) is 2.75. The summed E-state index contributed by atoms with van der Waals surface area (Å²) in [5.41, 5.74) is 1.49. The molecule has 0 bridgehead atoms. The van der Waals surface area contributed by atoms with Gasteiger partial charge in [0.2, 0.25) is 0 Å². The lowest BCUT2D eigenvalue weighted by Crippen LogP contribution is -2.14. The van der Waals surface area contributed by atoms with Gasteiger partial charge in [-0.2, -0.15) is 4.99 Å². The number of hydrogen-bond donors (Lipinski definition) is 0. The molecule has 106 valence electrons. The van der Waals surface area contributed by atoms with Crippen molar-refractivity contribution in [3.63, 3.8) is 0 Å². The average Bonchev–Trinajstić information content (AvgIpc) is 2.53. The van der Waals surface area contributed by atoms with Crippen molar-refractivity contribution in [3.8, 4) is 0 Å². The van der Waals surface area contributed by atoms with Crippen LogP contribution in [0.1, 0.15) is 18.5 Å². The predicted molar refractivity (Wildman–Crippen MR) is 81.8 cm³/mol. The highest BCUT2D eigenvalue weighted by Crippen LogP contribution is 2.18. The van der Waals surface area contributed by atoms with Gasteiger partial charge in [0, 0.05) is 0 Å². The van der Waals surface area contributed by atoms with Gasteiger partial charge in [0.25, 0.3) is 0 Å². The fourth-order valence-corrected chi connectivity index (χ4v) is 1.77. The number of nitrogens with zero attached hydrogens (tertiary/aromatic N) is 2. The first-order valence-electron chi connectivity index (χ1n) is 6.73. The topological polar surface area (TPSA) is 51.0 Å². The summed E-state index contributed by atoms with van der Waals surface area (Å²) in [4.78, 5) is 20.2. The van der Waals surface area contributed by atoms with Crippen molar-refractivity contribution in [3.05, 3.63) is 66.2 Å². The van der Waals surface area contributed by atoms with Crippen molar-refractivity contribution >= 4 is 17.7 Å². The molecule has 1 atom stereocenters. The molecular weight excluding hydrogens is 264 g/mol. The summed E-state index contributed by atoms with van der Waals surface area (Å²) in [6.45, 7) is 2.08. The number of benzene rings is 2. The van der Waals surface area contributed by atoms with Crippen LogP contribution in [0.3, 0.4) is 0 Å². The Morgan fingerprint density at radius 1 is 1.10 bits per heavy atom. The molecule has 2 aromatic rings. The molecule has 0 aliphatic rings. The highest BCUT2D eigenvalue weighted by atomic mass is 16.5. The summed E-state index contributed by atoms with van der Waals surface area (Å²) in [7, 11) is 0. The van der Waals surface area contributed by atoms with Crippen LogP contribution in [0, 0.1) is 0 Å². The van der Waals surface area contributed by atoms with Crippen LogP contribution in [0.5, 0.6) is 0 Å². The fourth-order valence-electron chi connectivity index (χ4n) is 1.77. The Bertz CT molecular complexity index is 632. The van der Waals surface area contributed by atoms with Crippen LogP contribution >= 0.6 is 0 Å². The van der Waals surface area contributed by atoms with Crippen LogP contribution in [0.4, 0.5) is 5.69 Å². The molecule has 2 aromatic carbocycles. The van der Waals surface area contributed by atoms with E-state index >= 15 is 0 Å². The molecule has 0 spiro atoms. The zero-order valence-electron chi connectivity index (χ0n) is 11.8. The van der Waals surface area contributed by atoms with Gasteiger partial charge < -0.3 is 4.74 Å². The Kier molecular flexibility index (Phi) is 5.44. The molecule has 0 saturated carbocycles. The lowest BCUT2D eigenvalue weighted by Gasteiger charge is -2.09. The molecule has 0 saturated heterocycles. The molecule has 2 rings (SSSR count). The number of para-hydroxylation sites is 1. The number of carbonyl (C=O) groups excluding carboxylic acids is 1. The molecule has 0 amide bonds. The smallest absolute Gasteiger partial charge is 0.336 e. The van der Waals surface area contributed by atoms with Gasteiger partial charge in [-0.3, -0.25) is 0 Å². The quantitative estimate of drug-likeness (QED) is 0.618. The van der Waals surface area contributed by atoms with E-state index in [9.17, 15) is 4.79 Å². The van der Waals surface area contributed by atoms with Crippen LogP contribution in [0.15, 0.2) is 70.6 Å². The van der Waals surface area contributed by atoms with Crippen LogP contribution in [-0.4, -0.2) is 18.6 Å². The minimum Gasteiger partial charge on any atom is -0.464 e. The number of esters is 1. The highest BCUT2D eigenvalue weighted by Gasteiger charge is 2.20. The summed E-state index contributed by atoms with van der Waals surface area (Å²) < 4.78 is 5.05. The third kappa shape index (κ3) is 4.41. The second kappa shape index (κ2) is 7.78. The maximum atomic E-state index is 12.0. The fraction of sp³-hybridized carbons (Fsp3) is 0.176. The van der Waals surface area contributed by atoms with E-state index in [2.05, 4.69) is 16.0 Å². The zero-order valence-corrected chi connectivity index (χ0v) is 11.8. The standard InChI is InChI=1S/C17H16N2O2/c1-2-21-17(20)16(14-9-5-3-6-10-14)19-13-18-15-11-7-4-8-12-15/h3-12,16H,2H2,1H3. The second-order valence-corrected chi connectivity index (χ2v) is 4.24. The molecular formula is C17H16N2O2. The van der Waals surface area contributed by atoms with E-state index in [1.54, 1.807) is 6.92 Å². The largest absolute Gasteiger partial charge is 0.464 e. The first-order chi connectivity index (χ1) is 10.3. The van der Waals surface area contributed by atoms with Gasteiger partial charge in [-0.15, -0.1) is 0 Å². The summed E-state index contributed by atoms with van der Waals surface area (Å²) in [5, 5.41) is 0. The van der Waals surface area contributed by atoms with Gasteiger partial charge in [-0.1, -0.05) is 48.5 Å². The monoisotopic (exact) mass is 280 g/mol. The summed E-state index contributed by atoms with van der Waals surface area (Å²) in [5.74, 6) is -0.403. The maximum absolute atomic E-state index is 12.0. The van der Waals surface area contributed by atoms with Gasteiger partial charge >= 0.3 is 5.97 Å². The normalized spacial score (nSPS) is 11.1. The number of rotatable bonds is 5. The lowest BCUT2D eigenvalue weighted by atomic mass is 10.1. The molecule has 4 nitrogen and oxygen atoms in total. The molecule has 0 heterocycles. The average molecular weight is 280 g/mol. The van der Waals surface area contributed by atoms with Crippen molar-refractivity contribution in [1.82, 2.24) is 0 Å². The van der Waals surface area contributed by atoms with Crippen LogP contribution < -0.4 is 0 Å². The van der Waals surface area contributed by atoms with Gasteiger partial charge in [0.1, 0.15) is 0 Å². The summed E-state index contributed by atoms with van der Waals surface area (Å²) in [6.07, 6.45) is 0. The zero-order chi connectivity index (χ0) is 14.9. The Labute approximate surface area is 123 Å². The molecule has 0 aliphatic heterocycles. The van der Waals surface area contributed by atoms with Crippen molar-refractivity contribution < 1.29 is 9.53 Å². The number of carbonyl (C=O) groups is 1. The lowest BCUT2D eigenvalue weighted by molar-refractivity contribution is -0.144. The second-order valence-electron chi connectivity index (χ2n) is 4.24. The van der Waals surface area contributed by atoms with E-state index < -0.39 is 12.0 Å². The van der Waals surface area contributed by atoms with Gasteiger partial charge in [0.05, 0.1) is 18.3 Å². The third-order valence-electron chi connectivity index (χ3n) is 2.75. The molecule has 0 fully saturated rings. The minimum atomic E-state index is -0.737. The predicted octanol–water partition coefficient (Wildman–Crippen LogP) is 3.80. The van der Waals surface area contributed by atoms with Crippen molar-refractivity contribution in [1.29, 1.82) is 0 Å². The van der Waals surface area contributed by atoms with Crippen LogP contribution in [-0.2, 0) is 9.53 Å². The van der Waals surface area contributed by atoms with E-state index in [1.165, 1.54) is 0 Å². The summed E-state index contributed by atoms with van der Waals surface area (Å²) in [6, 6.07) is 20.4. The SMILES string of the molecule is CCOC(=O)C(N=C=Nc1ccccc1)c1ccccc1. The Morgan fingerprint density at radius 3 is 2.33 bits per heavy atom. The van der Waals surface area contributed by atoms with Crippen molar-refractivity contribution in [2.45, 2.75) is 13.0 Å². The maximum Gasteiger partial charge on any atom is 0.336 e. The Hall–Kier alpha value is -2.71. The first-order valence-corrected chi connectivity index (χ1v) is 6.73. The number of aliphatic imine (C=N–C) groups is 2. The van der Waals surface area contributed by atoms with Crippen LogP contribution in [0.25, 0.3) is 0 Å². The van der Waals surface area contributed by atoms with Crippen molar-refractivity contribution in [2.75, 3.05) is 6.61 Å². The minimum absolute atomic E-state index is 0.313. The Balaban J connectivity index is 2.24. The Morgan fingerprint density at radius 2 is 1.71 bits per heavy atom. The summed E-state index contributed by atoms with van der Waals surface area (Å²) >= 11 is 0. The molecule has 0 radical (unpaired) electrons. The van der Waals surface area contributed by atoms with Crippen molar-refractivity contribution in [2.24, 2.45) is 9.98 Å². The molecule has 4 heteroatoms. The highest BCUT2D eigenvalue weighted by molar-refractivity contribution is 5.79. The first kappa shape index (κ1) is 14.7. The van der Waals surface area contributed by atoms with Gasteiger partial charge in [-0.05, 0) is 24.6 Å². The van der Waals surface area contributed by atoms with Crippen LogP contribution in [0.2, 0.25) is 0 Å². The molecule has 1 unspecified atom stereocenters. The van der Waals surface area contributed by atoms with Gasteiger partial charge in [-0.25, -0.2) is 9.79 Å². The number of hydrogen-bond acceptors (Lipinski definition) is 4. The van der Waals surface area contributed by atoms with E-state index in [0.29, 0.717) is 6.61 Å². The van der Waals surface area contributed by atoms with E-state index in [4.69, 9.17) is 4.74 Å². The van der Waals surface area contributed by atoms with E-state index in [1.807, 2.05) is 60.7 Å². The number of ether oxygens (including phenoxy) is 1. The molecule has 0 aromatic heterocycles. The van der Waals surface area contributed by atoms with E-state index in [-0.39, 0.29) is 0 Å². The molecule has 0 aliphatic carbocycles. The molecule has 0 N–H and O–H groups in total. The van der Waals surface area contributed by atoms with Gasteiger partial charge in [0.15, 0.2) is 6.04 Å². The molecule has 21 heavy (non-hydrogen) atoms. The van der Waals surface area contributed by atoms with E-state index in [0.717, 1.165) is 11.3 Å².